The fourth-order valence-electron chi connectivity index (χ4n) is 5.21. The Morgan fingerprint density at radius 1 is 1.12 bits per heavy atom. The summed E-state index contributed by atoms with van der Waals surface area (Å²) < 4.78 is 37.4. The quantitative estimate of drug-likeness (QED) is 0.234. The summed E-state index contributed by atoms with van der Waals surface area (Å²) >= 11 is 0. The Morgan fingerprint density at radius 3 is 2.42 bits per heavy atom. The van der Waals surface area contributed by atoms with E-state index in [2.05, 4.69) is 35.1 Å². The zero-order chi connectivity index (χ0) is 28.9. The van der Waals surface area contributed by atoms with E-state index in [4.69, 9.17) is 14.6 Å². The first kappa shape index (κ1) is 29.8. The Morgan fingerprint density at radius 2 is 1.80 bits per heavy atom. The Bertz CT molecular complexity index is 1290. The van der Waals surface area contributed by atoms with E-state index in [-0.39, 0.29) is 17.9 Å². The van der Waals surface area contributed by atoms with Gasteiger partial charge in [0.15, 0.2) is 5.78 Å². The minimum atomic E-state index is -5.08. The molecule has 2 aliphatic rings. The number of ether oxygens (including phenoxy) is 1. The van der Waals surface area contributed by atoms with Gasteiger partial charge in [0.1, 0.15) is 6.10 Å². The van der Waals surface area contributed by atoms with Gasteiger partial charge in [-0.15, -0.1) is 0 Å². The molecule has 3 heterocycles. The highest BCUT2D eigenvalue weighted by Gasteiger charge is 2.38. The van der Waals surface area contributed by atoms with Crippen LogP contribution >= 0.6 is 0 Å². The number of ketones is 1. The van der Waals surface area contributed by atoms with Crippen LogP contribution in [0.2, 0.25) is 0 Å². The number of hydrogen-bond acceptors (Lipinski definition) is 5. The average molecular weight is 560 g/mol. The number of carbonyl (C=O) groups is 2. The van der Waals surface area contributed by atoms with Crippen LogP contribution in [0.15, 0.2) is 54.7 Å². The first-order valence-corrected chi connectivity index (χ1v) is 13.6. The molecule has 0 aliphatic carbocycles. The molecule has 7 nitrogen and oxygen atoms in total. The number of aliphatic carboxylic acids is 1. The van der Waals surface area contributed by atoms with Crippen LogP contribution in [0.4, 0.5) is 13.2 Å². The van der Waals surface area contributed by atoms with Crippen molar-refractivity contribution in [3.05, 3.63) is 71.4 Å². The van der Waals surface area contributed by atoms with Crippen LogP contribution in [-0.4, -0.2) is 71.3 Å². The molecule has 0 bridgehead atoms. The van der Waals surface area contributed by atoms with Gasteiger partial charge in [0.05, 0.1) is 12.6 Å². The van der Waals surface area contributed by atoms with Crippen molar-refractivity contribution in [1.29, 1.82) is 0 Å². The van der Waals surface area contributed by atoms with Gasteiger partial charge in [0.25, 0.3) is 0 Å². The SMILES string of the molecule is CC(C)N1CCC(CCNC(c2ccccc2C(=O)c2ccc3cc[nH]c3c2)C2CO2)CC1.O=C(O)C(F)(F)F. The lowest BCUT2D eigenvalue weighted by Crippen LogP contribution is -2.39. The maximum Gasteiger partial charge on any atom is 0.490 e. The van der Waals surface area contributed by atoms with E-state index in [0.717, 1.165) is 41.1 Å². The molecule has 40 heavy (non-hydrogen) atoms. The van der Waals surface area contributed by atoms with Gasteiger partial charge in [-0.05, 0) is 81.7 Å². The maximum atomic E-state index is 13.5. The van der Waals surface area contributed by atoms with Crippen molar-refractivity contribution in [2.75, 3.05) is 26.2 Å². The highest BCUT2D eigenvalue weighted by Crippen LogP contribution is 2.32. The van der Waals surface area contributed by atoms with Crippen LogP contribution in [0.1, 0.15) is 60.6 Å². The summed E-state index contributed by atoms with van der Waals surface area (Å²) in [6, 6.07) is 16.6. The molecule has 0 radical (unpaired) electrons. The molecule has 3 aromatic rings. The van der Waals surface area contributed by atoms with Gasteiger partial charge in [-0.1, -0.05) is 36.4 Å². The molecule has 10 heteroatoms. The van der Waals surface area contributed by atoms with Gasteiger partial charge in [0, 0.05) is 28.9 Å². The number of nitrogens with one attached hydrogen (secondary N) is 2. The van der Waals surface area contributed by atoms with Crippen LogP contribution in [0, 0.1) is 5.92 Å². The Labute approximate surface area is 231 Å². The van der Waals surface area contributed by atoms with Crippen LogP contribution in [0.5, 0.6) is 0 Å². The zero-order valence-electron chi connectivity index (χ0n) is 22.7. The number of alkyl halides is 3. The Balaban J connectivity index is 0.000000470. The van der Waals surface area contributed by atoms with E-state index in [1.54, 1.807) is 0 Å². The lowest BCUT2D eigenvalue weighted by Gasteiger charge is -2.34. The molecule has 2 unspecified atom stereocenters. The van der Waals surface area contributed by atoms with Gasteiger partial charge in [-0.2, -0.15) is 13.2 Å². The van der Waals surface area contributed by atoms with Crippen molar-refractivity contribution < 1.29 is 32.6 Å². The van der Waals surface area contributed by atoms with Crippen LogP contribution in [0.3, 0.4) is 0 Å². The number of benzene rings is 2. The summed E-state index contributed by atoms with van der Waals surface area (Å²) in [5, 5.41) is 12.0. The van der Waals surface area contributed by atoms with Gasteiger partial charge in [0.2, 0.25) is 0 Å². The zero-order valence-corrected chi connectivity index (χ0v) is 22.7. The Kier molecular flexibility index (Phi) is 9.65. The molecule has 0 amide bonds. The molecule has 2 fully saturated rings. The number of carboxylic acids is 1. The minimum absolute atomic E-state index is 0.0510. The number of carbonyl (C=O) groups excluding carboxylic acids is 1. The third kappa shape index (κ3) is 7.71. The van der Waals surface area contributed by atoms with E-state index in [1.807, 2.05) is 48.7 Å². The first-order valence-electron chi connectivity index (χ1n) is 13.6. The smallest absolute Gasteiger partial charge is 0.475 e. The number of carboxylic acid groups (broad SMARTS) is 1. The van der Waals surface area contributed by atoms with E-state index in [9.17, 15) is 18.0 Å². The van der Waals surface area contributed by atoms with Crippen molar-refractivity contribution in [2.24, 2.45) is 5.92 Å². The molecule has 2 aromatic carbocycles. The lowest BCUT2D eigenvalue weighted by molar-refractivity contribution is -0.192. The second kappa shape index (κ2) is 13.0. The Hall–Kier alpha value is -3.21. The largest absolute Gasteiger partial charge is 0.490 e. The fraction of sp³-hybridized carbons (Fsp3) is 0.467. The second-order valence-electron chi connectivity index (χ2n) is 10.7. The van der Waals surface area contributed by atoms with E-state index >= 15 is 0 Å². The van der Waals surface area contributed by atoms with Crippen molar-refractivity contribution >= 4 is 22.7 Å². The minimum Gasteiger partial charge on any atom is -0.475 e. The number of aromatic nitrogens is 1. The number of piperidine rings is 1. The van der Waals surface area contributed by atoms with E-state index < -0.39 is 12.1 Å². The molecule has 2 aliphatic heterocycles. The highest BCUT2D eigenvalue weighted by atomic mass is 19.4. The lowest BCUT2D eigenvalue weighted by atomic mass is 9.91. The third-order valence-corrected chi connectivity index (χ3v) is 7.63. The van der Waals surface area contributed by atoms with Crippen LogP contribution in [-0.2, 0) is 9.53 Å². The van der Waals surface area contributed by atoms with E-state index in [0.29, 0.717) is 11.6 Å². The normalized spacial score (nSPS) is 18.8. The third-order valence-electron chi connectivity index (χ3n) is 7.63. The van der Waals surface area contributed by atoms with Crippen LogP contribution in [0.25, 0.3) is 10.9 Å². The van der Waals surface area contributed by atoms with Crippen molar-refractivity contribution in [1.82, 2.24) is 15.2 Å². The van der Waals surface area contributed by atoms with Gasteiger partial charge in [-0.25, -0.2) is 4.79 Å². The number of fused-ring (bicyclic) bond motifs is 1. The van der Waals surface area contributed by atoms with E-state index in [1.165, 1.54) is 32.4 Å². The molecule has 1 aromatic heterocycles. The number of aromatic amines is 1. The highest BCUT2D eigenvalue weighted by molar-refractivity contribution is 6.11. The number of hydrogen-bond donors (Lipinski definition) is 3. The molecular weight excluding hydrogens is 523 g/mol. The molecule has 0 spiro atoms. The molecule has 0 saturated carbocycles. The second-order valence-corrected chi connectivity index (χ2v) is 10.7. The van der Waals surface area contributed by atoms with Crippen molar-refractivity contribution in [3.8, 4) is 0 Å². The molecule has 5 rings (SSSR count). The number of H-pyrrole nitrogens is 1. The number of rotatable bonds is 9. The topological polar surface area (TPSA) is 98.0 Å². The number of halogens is 3. The summed E-state index contributed by atoms with van der Waals surface area (Å²) in [5.41, 5.74) is 3.51. The first-order chi connectivity index (χ1) is 19.0. The maximum absolute atomic E-state index is 13.5. The summed E-state index contributed by atoms with van der Waals surface area (Å²) in [6.45, 7) is 8.70. The van der Waals surface area contributed by atoms with Gasteiger partial charge in [-0.3, -0.25) is 4.79 Å². The summed E-state index contributed by atoms with van der Waals surface area (Å²) in [7, 11) is 0. The van der Waals surface area contributed by atoms with Gasteiger partial charge < -0.3 is 25.0 Å². The summed E-state index contributed by atoms with van der Waals surface area (Å²) in [6.07, 6.45) is 0.702. The standard InChI is InChI=1S/C28H35N3O2.C2HF3O2/c1-19(2)31-15-11-20(12-16-31)9-13-30-27(26-18-33-26)23-5-3-4-6-24(23)28(32)22-8-7-21-10-14-29-25(21)17-22;3-2(4,5)1(6)7/h3-8,10,14,17,19-20,26-27,29-30H,9,11-13,15-16,18H2,1-2H3;(H,6,7). The molecule has 2 saturated heterocycles. The van der Waals surface area contributed by atoms with Crippen LogP contribution < -0.4 is 5.32 Å². The molecule has 216 valence electrons. The predicted octanol–water partition coefficient (Wildman–Crippen LogP) is 5.57. The number of epoxide rings is 1. The number of likely N-dealkylation sites (tertiary alicyclic amines) is 1. The van der Waals surface area contributed by atoms with Crippen molar-refractivity contribution in [3.63, 3.8) is 0 Å². The summed E-state index contributed by atoms with van der Waals surface area (Å²) in [4.78, 5) is 28.2. The fourth-order valence-corrected chi connectivity index (χ4v) is 5.21. The molecule has 2 atom stereocenters. The molecular formula is C30H36F3N3O4. The number of nitrogens with zero attached hydrogens (tertiary/aromatic N) is 1. The van der Waals surface area contributed by atoms with Crippen molar-refractivity contribution in [2.45, 2.75) is 57.5 Å². The summed E-state index contributed by atoms with van der Waals surface area (Å²) in [5.74, 6) is -1.92. The molecule has 3 N–H and O–H groups in total. The van der Waals surface area contributed by atoms with Gasteiger partial charge >= 0.3 is 12.1 Å². The predicted molar refractivity (Wildman–Crippen MR) is 146 cm³/mol. The average Bonchev–Trinajstić information content (AvgIpc) is 3.66. The monoisotopic (exact) mass is 559 g/mol.